The van der Waals surface area contributed by atoms with Crippen LogP contribution in [0.5, 0.6) is 0 Å². The van der Waals surface area contributed by atoms with Gasteiger partial charge in [-0.15, -0.1) is 0 Å². The Morgan fingerprint density at radius 3 is 2.20 bits per heavy atom. The van der Waals surface area contributed by atoms with Crippen LogP contribution in [0.25, 0.3) is 0 Å². The van der Waals surface area contributed by atoms with Crippen molar-refractivity contribution in [3.63, 3.8) is 0 Å². The molecule has 2 saturated heterocycles. The van der Waals surface area contributed by atoms with E-state index >= 15 is 0 Å². The van der Waals surface area contributed by atoms with E-state index in [0.29, 0.717) is 30.7 Å². The Kier molecular flexibility index (Phi) is 5.46. The van der Waals surface area contributed by atoms with Crippen molar-refractivity contribution < 1.29 is 13.2 Å². The molecule has 25 heavy (non-hydrogen) atoms. The van der Waals surface area contributed by atoms with E-state index in [1.54, 1.807) is 12.1 Å². The summed E-state index contributed by atoms with van der Waals surface area (Å²) in [4.78, 5) is 12.7. The molecule has 2 N–H and O–H groups in total. The fourth-order valence-electron chi connectivity index (χ4n) is 3.93. The fraction of sp³-hybridized carbons (Fsp3) is 0.611. The van der Waals surface area contributed by atoms with E-state index in [1.165, 1.54) is 29.3 Å². The highest BCUT2D eigenvalue weighted by molar-refractivity contribution is 7.89. The molecule has 138 valence electrons. The summed E-state index contributed by atoms with van der Waals surface area (Å²) in [5.41, 5.74) is 0.504. The third kappa shape index (κ3) is 3.88. The number of hydrogen-bond acceptors (Lipinski definition) is 4. The minimum atomic E-state index is -3.48. The van der Waals surface area contributed by atoms with E-state index in [4.69, 9.17) is 0 Å². The first-order chi connectivity index (χ1) is 11.9. The van der Waals surface area contributed by atoms with E-state index in [-0.39, 0.29) is 16.8 Å². The lowest BCUT2D eigenvalue weighted by atomic mass is 9.99. The summed E-state index contributed by atoms with van der Waals surface area (Å²) < 4.78 is 26.4. The molecule has 0 radical (unpaired) electrons. The number of nitrogens with one attached hydrogen (secondary N) is 2. The lowest BCUT2D eigenvalue weighted by Gasteiger charge is -2.29. The molecular formula is C18H27N3O3S. The van der Waals surface area contributed by atoms with Crippen molar-refractivity contribution in [1.29, 1.82) is 0 Å². The molecule has 1 amide bonds. The largest absolute Gasteiger partial charge is 0.349 e. The molecular weight excluding hydrogens is 338 g/mol. The van der Waals surface area contributed by atoms with Crippen LogP contribution in [0.2, 0.25) is 0 Å². The van der Waals surface area contributed by atoms with Gasteiger partial charge in [0, 0.05) is 36.8 Å². The van der Waals surface area contributed by atoms with Crippen molar-refractivity contribution >= 4 is 15.9 Å². The molecule has 0 spiro atoms. The van der Waals surface area contributed by atoms with Gasteiger partial charge in [-0.2, -0.15) is 4.31 Å². The van der Waals surface area contributed by atoms with Crippen molar-refractivity contribution in [3.05, 3.63) is 29.8 Å². The van der Waals surface area contributed by atoms with Gasteiger partial charge in [0.05, 0.1) is 4.90 Å². The summed E-state index contributed by atoms with van der Waals surface area (Å²) in [6, 6.07) is 7.48. The highest BCUT2D eigenvalue weighted by Crippen LogP contribution is 2.27. The molecule has 2 bridgehead atoms. The third-order valence-electron chi connectivity index (χ3n) is 5.27. The summed E-state index contributed by atoms with van der Waals surface area (Å²) in [5, 5.41) is 6.66. The molecule has 2 unspecified atom stereocenters. The van der Waals surface area contributed by atoms with E-state index in [9.17, 15) is 13.2 Å². The number of sulfonamides is 1. The zero-order chi connectivity index (χ0) is 18.0. The summed E-state index contributed by atoms with van der Waals surface area (Å²) in [6.07, 6.45) is 4.32. The lowest BCUT2D eigenvalue weighted by Crippen LogP contribution is -2.48. The van der Waals surface area contributed by atoms with Crippen LogP contribution in [0.15, 0.2) is 29.2 Å². The molecule has 1 aromatic carbocycles. The Morgan fingerprint density at radius 1 is 1.12 bits per heavy atom. The molecule has 0 saturated carbocycles. The van der Waals surface area contributed by atoms with Crippen LogP contribution >= 0.6 is 0 Å². The van der Waals surface area contributed by atoms with Crippen LogP contribution in [0, 0.1) is 0 Å². The van der Waals surface area contributed by atoms with Crippen molar-refractivity contribution in [3.8, 4) is 0 Å². The van der Waals surface area contributed by atoms with Crippen LogP contribution in [0.4, 0.5) is 0 Å². The normalized spacial score (nSPS) is 26.0. The molecule has 1 aromatic rings. The first-order valence-electron chi connectivity index (χ1n) is 9.11. The Labute approximate surface area is 150 Å². The van der Waals surface area contributed by atoms with Crippen LogP contribution in [-0.2, 0) is 10.0 Å². The monoisotopic (exact) mass is 365 g/mol. The second kappa shape index (κ2) is 7.43. The van der Waals surface area contributed by atoms with Crippen molar-refractivity contribution in [2.24, 2.45) is 0 Å². The first kappa shape index (κ1) is 18.4. The summed E-state index contributed by atoms with van der Waals surface area (Å²) in [5.74, 6) is -0.127. The van der Waals surface area contributed by atoms with Crippen molar-refractivity contribution in [2.75, 3.05) is 13.1 Å². The Morgan fingerprint density at radius 2 is 1.68 bits per heavy atom. The zero-order valence-electron chi connectivity index (χ0n) is 14.9. The van der Waals surface area contributed by atoms with Crippen LogP contribution in [0.3, 0.4) is 0 Å². The lowest BCUT2D eigenvalue weighted by molar-refractivity contribution is 0.0924. The van der Waals surface area contributed by atoms with Gasteiger partial charge in [0.1, 0.15) is 0 Å². The number of rotatable bonds is 6. The average molecular weight is 365 g/mol. The molecule has 0 aliphatic carbocycles. The van der Waals surface area contributed by atoms with E-state index < -0.39 is 10.0 Å². The molecule has 0 aromatic heterocycles. The minimum Gasteiger partial charge on any atom is -0.349 e. The van der Waals surface area contributed by atoms with Gasteiger partial charge < -0.3 is 10.6 Å². The van der Waals surface area contributed by atoms with Gasteiger partial charge in [0.15, 0.2) is 0 Å². The van der Waals surface area contributed by atoms with Crippen molar-refractivity contribution in [2.45, 2.75) is 62.6 Å². The van der Waals surface area contributed by atoms with Crippen LogP contribution in [0.1, 0.15) is 49.9 Å². The number of benzene rings is 1. The minimum absolute atomic E-state index is 0.127. The fourth-order valence-corrected chi connectivity index (χ4v) is 5.39. The van der Waals surface area contributed by atoms with Gasteiger partial charge >= 0.3 is 0 Å². The zero-order valence-corrected chi connectivity index (χ0v) is 15.7. The van der Waals surface area contributed by atoms with Gasteiger partial charge in [0.25, 0.3) is 5.91 Å². The highest BCUT2D eigenvalue weighted by atomic mass is 32.2. The Hall–Kier alpha value is -1.44. The van der Waals surface area contributed by atoms with Gasteiger partial charge in [-0.25, -0.2) is 8.42 Å². The quantitative estimate of drug-likeness (QED) is 0.805. The highest BCUT2D eigenvalue weighted by Gasteiger charge is 2.34. The molecule has 6 nitrogen and oxygen atoms in total. The standard InChI is InChI=1S/C18H27N3O3S/c1-3-21(4-2)25(23,24)17-9-5-13(6-10-17)18(22)20-16-11-14-7-8-15(12-16)19-14/h5-6,9-10,14-16,19H,3-4,7-8,11-12H2,1-2H3,(H,20,22). The number of amides is 1. The van der Waals surface area contributed by atoms with Gasteiger partial charge in [-0.05, 0) is 49.9 Å². The molecule has 2 heterocycles. The number of nitrogens with zero attached hydrogens (tertiary/aromatic N) is 1. The van der Waals surface area contributed by atoms with Gasteiger partial charge in [0.2, 0.25) is 10.0 Å². The second-order valence-corrected chi connectivity index (χ2v) is 8.83. The number of carbonyl (C=O) groups is 1. The van der Waals surface area contributed by atoms with Crippen molar-refractivity contribution in [1.82, 2.24) is 14.9 Å². The Bertz CT molecular complexity index is 702. The number of carbonyl (C=O) groups excluding carboxylic acids is 1. The predicted octanol–water partition coefficient (Wildman–Crippen LogP) is 1.73. The molecule has 7 heteroatoms. The topological polar surface area (TPSA) is 78.5 Å². The maximum Gasteiger partial charge on any atom is 0.251 e. The summed E-state index contributed by atoms with van der Waals surface area (Å²) in [7, 11) is -3.48. The summed E-state index contributed by atoms with van der Waals surface area (Å²) >= 11 is 0. The maximum atomic E-state index is 12.5. The van der Waals surface area contributed by atoms with E-state index in [0.717, 1.165) is 12.8 Å². The van der Waals surface area contributed by atoms with E-state index in [1.807, 2.05) is 13.8 Å². The molecule has 2 aliphatic rings. The number of piperidine rings is 1. The maximum absolute atomic E-state index is 12.5. The third-order valence-corrected chi connectivity index (χ3v) is 7.33. The molecule has 2 fully saturated rings. The van der Waals surface area contributed by atoms with Crippen LogP contribution < -0.4 is 10.6 Å². The molecule has 2 aliphatic heterocycles. The Balaban J connectivity index is 1.66. The molecule has 2 atom stereocenters. The first-order valence-corrected chi connectivity index (χ1v) is 10.5. The average Bonchev–Trinajstić information content (AvgIpc) is 2.94. The molecule has 3 rings (SSSR count). The van der Waals surface area contributed by atoms with Crippen LogP contribution in [-0.4, -0.2) is 49.8 Å². The van der Waals surface area contributed by atoms with E-state index in [2.05, 4.69) is 10.6 Å². The van der Waals surface area contributed by atoms with Gasteiger partial charge in [-0.3, -0.25) is 4.79 Å². The second-order valence-electron chi connectivity index (χ2n) is 6.89. The SMILES string of the molecule is CCN(CC)S(=O)(=O)c1ccc(C(=O)NC2CC3CCC(C2)N3)cc1. The number of hydrogen-bond donors (Lipinski definition) is 2. The number of fused-ring (bicyclic) bond motifs is 2. The van der Waals surface area contributed by atoms with Gasteiger partial charge in [-0.1, -0.05) is 13.8 Å². The smallest absolute Gasteiger partial charge is 0.251 e. The summed E-state index contributed by atoms with van der Waals surface area (Å²) in [6.45, 7) is 4.49. The predicted molar refractivity (Wildman–Crippen MR) is 97.0 cm³/mol.